The molecule has 0 atom stereocenters. The van der Waals surface area contributed by atoms with Crippen LogP contribution in [0.1, 0.15) is 16.1 Å². The molecule has 1 aliphatic heterocycles. The first-order chi connectivity index (χ1) is 11.7. The van der Waals surface area contributed by atoms with Gasteiger partial charge in [0.1, 0.15) is 11.5 Å². The number of hydrogen-bond donors (Lipinski definition) is 2. The quantitative estimate of drug-likeness (QED) is 0.857. The van der Waals surface area contributed by atoms with E-state index in [4.69, 9.17) is 0 Å². The van der Waals surface area contributed by atoms with Gasteiger partial charge in [0, 0.05) is 39.3 Å². The molecule has 0 saturated carbocycles. The lowest BCUT2D eigenvalue weighted by molar-refractivity contribution is 0.0946. The van der Waals surface area contributed by atoms with Crippen molar-refractivity contribution >= 4 is 5.91 Å². The van der Waals surface area contributed by atoms with Gasteiger partial charge in [-0.2, -0.15) is 5.10 Å². The van der Waals surface area contributed by atoms with Crippen molar-refractivity contribution in [1.29, 1.82) is 0 Å². The molecule has 6 nitrogen and oxygen atoms in total. The molecule has 7 heteroatoms. The highest BCUT2D eigenvalue weighted by molar-refractivity contribution is 5.95. The van der Waals surface area contributed by atoms with E-state index in [-0.39, 0.29) is 11.7 Å². The van der Waals surface area contributed by atoms with Crippen molar-refractivity contribution in [3.63, 3.8) is 0 Å². The van der Waals surface area contributed by atoms with Crippen LogP contribution in [-0.2, 0) is 0 Å². The minimum atomic E-state index is -0.366. The lowest BCUT2D eigenvalue weighted by Gasteiger charge is -2.27. The van der Waals surface area contributed by atoms with Crippen molar-refractivity contribution in [2.45, 2.75) is 6.92 Å². The van der Waals surface area contributed by atoms with Crippen LogP contribution in [-0.4, -0.2) is 59.9 Å². The predicted molar refractivity (Wildman–Crippen MR) is 89.9 cm³/mol. The van der Waals surface area contributed by atoms with E-state index >= 15 is 0 Å². The van der Waals surface area contributed by atoms with E-state index in [1.807, 2.05) is 0 Å². The van der Waals surface area contributed by atoms with Gasteiger partial charge in [0.25, 0.3) is 5.91 Å². The van der Waals surface area contributed by atoms with Crippen molar-refractivity contribution in [2.24, 2.45) is 0 Å². The molecule has 2 N–H and O–H groups in total. The van der Waals surface area contributed by atoms with Gasteiger partial charge in [-0.15, -0.1) is 0 Å². The van der Waals surface area contributed by atoms with Gasteiger partial charge in [0.15, 0.2) is 0 Å². The molecule has 1 fully saturated rings. The number of carbonyl (C=O) groups excluding carboxylic acids is 1. The lowest BCUT2D eigenvalue weighted by Crippen LogP contribution is -2.46. The third-order valence-corrected chi connectivity index (χ3v) is 4.26. The molecule has 0 unspecified atom stereocenters. The van der Waals surface area contributed by atoms with Crippen molar-refractivity contribution in [3.8, 4) is 5.69 Å². The minimum absolute atomic E-state index is 0.176. The fourth-order valence-corrected chi connectivity index (χ4v) is 2.86. The average Bonchev–Trinajstić information content (AvgIpc) is 2.98. The van der Waals surface area contributed by atoms with Crippen molar-refractivity contribution in [1.82, 2.24) is 25.3 Å². The number of piperazine rings is 1. The van der Waals surface area contributed by atoms with Gasteiger partial charge < -0.3 is 10.6 Å². The second-order valence-corrected chi connectivity index (χ2v) is 5.85. The third-order valence-electron chi connectivity index (χ3n) is 4.26. The fourth-order valence-electron chi connectivity index (χ4n) is 2.86. The van der Waals surface area contributed by atoms with Crippen LogP contribution in [0, 0.1) is 12.7 Å². The Hall–Kier alpha value is -2.25. The first kappa shape index (κ1) is 16.6. The number of nitrogens with one attached hydrogen (secondary N) is 2. The average molecular weight is 331 g/mol. The monoisotopic (exact) mass is 331 g/mol. The van der Waals surface area contributed by atoms with Crippen LogP contribution in [0.5, 0.6) is 0 Å². The lowest BCUT2D eigenvalue weighted by atomic mass is 10.2. The Kier molecular flexibility index (Phi) is 5.22. The fraction of sp³-hybridized carbons (Fsp3) is 0.412. The summed E-state index contributed by atoms with van der Waals surface area (Å²) in [5.41, 5.74) is 1.44. The molecule has 1 aliphatic rings. The predicted octanol–water partition coefficient (Wildman–Crippen LogP) is 0.955. The second kappa shape index (κ2) is 7.55. The minimum Gasteiger partial charge on any atom is -0.351 e. The highest BCUT2D eigenvalue weighted by Gasteiger charge is 2.17. The first-order valence-corrected chi connectivity index (χ1v) is 8.17. The Bertz CT molecular complexity index is 709. The van der Waals surface area contributed by atoms with Gasteiger partial charge in [-0.25, -0.2) is 9.07 Å². The first-order valence-electron chi connectivity index (χ1n) is 8.17. The van der Waals surface area contributed by atoms with Crippen molar-refractivity contribution in [3.05, 3.63) is 47.5 Å². The molecule has 1 saturated heterocycles. The van der Waals surface area contributed by atoms with Crippen LogP contribution in [0.25, 0.3) is 5.69 Å². The molecule has 1 aromatic carbocycles. The van der Waals surface area contributed by atoms with Gasteiger partial charge in [0.2, 0.25) is 0 Å². The second-order valence-electron chi connectivity index (χ2n) is 5.85. The summed E-state index contributed by atoms with van der Waals surface area (Å²) in [6.07, 6.45) is 1.49. The molecular formula is C17H22FN5O. The summed E-state index contributed by atoms with van der Waals surface area (Å²) in [5.74, 6) is -0.542. The third kappa shape index (κ3) is 3.63. The summed E-state index contributed by atoms with van der Waals surface area (Å²) in [6.45, 7) is 7.16. The van der Waals surface area contributed by atoms with Crippen molar-refractivity contribution < 1.29 is 9.18 Å². The zero-order valence-corrected chi connectivity index (χ0v) is 13.8. The van der Waals surface area contributed by atoms with E-state index in [2.05, 4.69) is 20.6 Å². The van der Waals surface area contributed by atoms with Gasteiger partial charge >= 0.3 is 0 Å². The van der Waals surface area contributed by atoms with Gasteiger partial charge in [-0.05, 0) is 19.1 Å². The number of hydrogen-bond acceptors (Lipinski definition) is 4. The van der Waals surface area contributed by atoms with Crippen LogP contribution in [0.2, 0.25) is 0 Å². The van der Waals surface area contributed by atoms with Crippen molar-refractivity contribution in [2.75, 3.05) is 39.3 Å². The van der Waals surface area contributed by atoms with E-state index in [9.17, 15) is 9.18 Å². The molecular weight excluding hydrogens is 309 g/mol. The summed E-state index contributed by atoms with van der Waals surface area (Å²) in [6, 6.07) is 6.39. The number of benzene rings is 1. The largest absolute Gasteiger partial charge is 0.351 e. The highest BCUT2D eigenvalue weighted by atomic mass is 19.1. The number of nitrogens with zero attached hydrogens (tertiary/aromatic N) is 3. The molecule has 0 radical (unpaired) electrons. The maximum Gasteiger partial charge on any atom is 0.254 e. The van der Waals surface area contributed by atoms with Crippen LogP contribution in [0.4, 0.5) is 4.39 Å². The zero-order valence-electron chi connectivity index (χ0n) is 13.8. The summed E-state index contributed by atoms with van der Waals surface area (Å²) in [5, 5.41) is 10.4. The molecule has 0 aliphatic carbocycles. The van der Waals surface area contributed by atoms with E-state index in [0.29, 0.717) is 23.5 Å². The van der Waals surface area contributed by atoms with Crippen LogP contribution < -0.4 is 10.6 Å². The Morgan fingerprint density at radius 3 is 2.83 bits per heavy atom. The van der Waals surface area contributed by atoms with Crippen LogP contribution in [0.15, 0.2) is 30.5 Å². The molecule has 24 heavy (non-hydrogen) atoms. The molecule has 0 spiro atoms. The van der Waals surface area contributed by atoms with E-state index in [1.165, 1.54) is 16.9 Å². The summed E-state index contributed by atoms with van der Waals surface area (Å²) in [4.78, 5) is 14.7. The zero-order chi connectivity index (χ0) is 16.9. The normalized spacial score (nSPS) is 15.4. The molecule has 2 aromatic rings. The topological polar surface area (TPSA) is 62.2 Å². The number of rotatable bonds is 5. The van der Waals surface area contributed by atoms with Gasteiger partial charge in [0.05, 0.1) is 17.5 Å². The summed E-state index contributed by atoms with van der Waals surface area (Å²) in [7, 11) is 0. The summed E-state index contributed by atoms with van der Waals surface area (Å²) < 4.78 is 15.4. The SMILES string of the molecule is Cc1c(C(=O)NCCN2CCNCC2)cnn1-c1ccccc1F. The van der Waals surface area contributed by atoms with Crippen LogP contribution >= 0.6 is 0 Å². The Balaban J connectivity index is 1.62. The molecule has 1 amide bonds. The number of halogens is 1. The van der Waals surface area contributed by atoms with Crippen LogP contribution in [0.3, 0.4) is 0 Å². The molecule has 128 valence electrons. The maximum absolute atomic E-state index is 13.9. The number of carbonyl (C=O) groups is 1. The standard InChI is InChI=1S/C17H22FN5O/c1-13-14(12-21-23(13)16-5-3-2-4-15(16)18)17(24)20-8-11-22-9-6-19-7-10-22/h2-5,12,19H,6-11H2,1H3,(H,20,24). The Morgan fingerprint density at radius 2 is 2.08 bits per heavy atom. The Labute approximate surface area is 140 Å². The number of amides is 1. The van der Waals surface area contributed by atoms with Gasteiger partial charge in [-0.1, -0.05) is 12.1 Å². The van der Waals surface area contributed by atoms with E-state index < -0.39 is 0 Å². The molecule has 1 aromatic heterocycles. The number of para-hydroxylation sites is 1. The highest BCUT2D eigenvalue weighted by Crippen LogP contribution is 2.16. The molecule has 0 bridgehead atoms. The van der Waals surface area contributed by atoms with E-state index in [1.54, 1.807) is 25.1 Å². The van der Waals surface area contributed by atoms with Gasteiger partial charge in [-0.3, -0.25) is 9.69 Å². The number of aromatic nitrogens is 2. The van der Waals surface area contributed by atoms with E-state index in [0.717, 1.165) is 32.7 Å². The Morgan fingerprint density at radius 1 is 1.33 bits per heavy atom. The summed E-state index contributed by atoms with van der Waals surface area (Å²) >= 11 is 0. The maximum atomic E-state index is 13.9. The molecule has 3 rings (SSSR count). The molecule has 2 heterocycles. The smallest absolute Gasteiger partial charge is 0.254 e.